The summed E-state index contributed by atoms with van der Waals surface area (Å²) in [6, 6.07) is 24.8. The van der Waals surface area contributed by atoms with Crippen LogP contribution < -0.4 is 5.32 Å². The normalized spacial score (nSPS) is 20.6. The number of hydrogen-bond donors (Lipinski definition) is 2. The minimum Gasteiger partial charge on any atom is -0.396 e. The Bertz CT molecular complexity index is 908. The van der Waals surface area contributed by atoms with Crippen LogP contribution in [0.25, 0.3) is 11.1 Å². The lowest BCUT2D eigenvalue weighted by Crippen LogP contribution is -2.52. The molecular formula is C24H24FNO2. The summed E-state index contributed by atoms with van der Waals surface area (Å²) in [6.07, 6.45) is 0. The maximum absolute atomic E-state index is 15.1. The molecule has 4 rings (SSSR count). The fourth-order valence-electron chi connectivity index (χ4n) is 4.08. The van der Waals surface area contributed by atoms with Crippen molar-refractivity contribution >= 4 is 0 Å². The van der Waals surface area contributed by atoms with Gasteiger partial charge in [0.05, 0.1) is 13.2 Å². The molecular weight excluding hydrogens is 353 g/mol. The van der Waals surface area contributed by atoms with Gasteiger partial charge in [0.2, 0.25) is 0 Å². The van der Waals surface area contributed by atoms with Crippen molar-refractivity contribution in [3.8, 4) is 11.1 Å². The average Bonchev–Trinajstić information content (AvgIpc) is 2.76. The highest BCUT2D eigenvalue weighted by molar-refractivity contribution is 5.64. The van der Waals surface area contributed by atoms with Crippen molar-refractivity contribution in [3.05, 3.63) is 95.8 Å². The Labute approximate surface area is 164 Å². The fourth-order valence-corrected chi connectivity index (χ4v) is 4.08. The summed E-state index contributed by atoms with van der Waals surface area (Å²) in [5.41, 5.74) is 2.36. The standard InChI is InChI=1S/C24H24FNO2/c25-23-12-11-20(18-7-3-1-4-8-18)15-21(23)24(17-26-13-14-28-24)22(16-27)19-9-5-2-6-10-19/h1-12,15,22,26-27H,13-14,16-17H2. The molecule has 2 unspecified atom stereocenters. The molecule has 1 saturated heterocycles. The summed E-state index contributed by atoms with van der Waals surface area (Å²) in [5.74, 6) is -0.709. The number of nitrogens with one attached hydrogen (secondary N) is 1. The molecule has 0 radical (unpaired) electrons. The van der Waals surface area contributed by atoms with Crippen LogP contribution in [0.5, 0.6) is 0 Å². The lowest BCUT2D eigenvalue weighted by molar-refractivity contribution is -0.101. The minimum atomic E-state index is -0.983. The largest absolute Gasteiger partial charge is 0.396 e. The van der Waals surface area contributed by atoms with Crippen molar-refractivity contribution in [2.45, 2.75) is 11.5 Å². The van der Waals surface area contributed by atoms with Crippen LogP contribution in [0.1, 0.15) is 17.0 Å². The number of rotatable bonds is 5. The summed E-state index contributed by atoms with van der Waals surface area (Å²) in [7, 11) is 0. The first-order valence-electron chi connectivity index (χ1n) is 9.60. The number of aliphatic hydroxyl groups excluding tert-OH is 1. The first-order valence-corrected chi connectivity index (χ1v) is 9.60. The van der Waals surface area contributed by atoms with E-state index >= 15 is 4.39 Å². The van der Waals surface area contributed by atoms with E-state index in [1.54, 1.807) is 6.07 Å². The van der Waals surface area contributed by atoms with Gasteiger partial charge in [0.1, 0.15) is 11.4 Å². The number of halogens is 1. The molecule has 3 aromatic rings. The maximum atomic E-state index is 15.1. The topological polar surface area (TPSA) is 41.5 Å². The molecule has 0 saturated carbocycles. The van der Waals surface area contributed by atoms with Gasteiger partial charge >= 0.3 is 0 Å². The number of hydrogen-bond acceptors (Lipinski definition) is 3. The summed E-state index contributed by atoms with van der Waals surface area (Å²) in [6.45, 7) is 1.45. The Balaban J connectivity index is 1.86. The van der Waals surface area contributed by atoms with Gasteiger partial charge in [-0.3, -0.25) is 0 Å². The lowest BCUT2D eigenvalue weighted by Gasteiger charge is -2.44. The second-order valence-electron chi connectivity index (χ2n) is 7.12. The Morgan fingerprint density at radius 3 is 2.32 bits per heavy atom. The van der Waals surface area contributed by atoms with E-state index in [0.29, 0.717) is 25.3 Å². The van der Waals surface area contributed by atoms with E-state index in [2.05, 4.69) is 5.32 Å². The monoisotopic (exact) mass is 377 g/mol. The van der Waals surface area contributed by atoms with Crippen LogP contribution in [0.15, 0.2) is 78.9 Å². The third-order valence-corrected chi connectivity index (χ3v) is 5.50. The van der Waals surface area contributed by atoms with Crippen molar-refractivity contribution in [2.75, 3.05) is 26.3 Å². The fraction of sp³-hybridized carbons (Fsp3) is 0.250. The second-order valence-corrected chi connectivity index (χ2v) is 7.12. The van der Waals surface area contributed by atoms with E-state index in [0.717, 1.165) is 16.7 Å². The molecule has 1 aliphatic heterocycles. The predicted octanol–water partition coefficient (Wildman–Crippen LogP) is 4.08. The van der Waals surface area contributed by atoms with Crippen LogP contribution >= 0.6 is 0 Å². The Kier molecular flexibility index (Phi) is 5.53. The van der Waals surface area contributed by atoms with Crippen molar-refractivity contribution in [1.29, 1.82) is 0 Å². The number of morpholine rings is 1. The zero-order valence-corrected chi connectivity index (χ0v) is 15.6. The Hall–Kier alpha value is -2.53. The van der Waals surface area contributed by atoms with Crippen LogP contribution in [0, 0.1) is 5.82 Å². The molecule has 0 spiro atoms. The molecule has 0 amide bonds. The smallest absolute Gasteiger partial charge is 0.129 e. The van der Waals surface area contributed by atoms with E-state index in [9.17, 15) is 5.11 Å². The van der Waals surface area contributed by atoms with Gasteiger partial charge in [0.15, 0.2) is 0 Å². The highest BCUT2D eigenvalue weighted by atomic mass is 19.1. The zero-order valence-electron chi connectivity index (χ0n) is 15.6. The predicted molar refractivity (Wildman–Crippen MR) is 109 cm³/mol. The van der Waals surface area contributed by atoms with E-state index in [4.69, 9.17) is 4.74 Å². The molecule has 4 heteroatoms. The van der Waals surface area contributed by atoms with E-state index in [1.807, 2.05) is 66.7 Å². The first kappa shape index (κ1) is 18.8. The van der Waals surface area contributed by atoms with Crippen LogP contribution in [0.2, 0.25) is 0 Å². The SMILES string of the molecule is OCC(c1ccccc1)C1(c2cc(-c3ccccc3)ccc2F)CNCCO1. The average molecular weight is 377 g/mol. The Morgan fingerprint density at radius 2 is 1.68 bits per heavy atom. The second kappa shape index (κ2) is 8.23. The number of ether oxygens (including phenoxy) is 1. The molecule has 1 heterocycles. The van der Waals surface area contributed by atoms with Crippen LogP contribution in [0.3, 0.4) is 0 Å². The number of benzene rings is 3. The van der Waals surface area contributed by atoms with Gasteiger partial charge in [-0.2, -0.15) is 0 Å². The molecule has 0 bridgehead atoms. The van der Waals surface area contributed by atoms with Crippen LogP contribution in [-0.4, -0.2) is 31.4 Å². The molecule has 1 fully saturated rings. The van der Waals surface area contributed by atoms with Gasteiger partial charge in [-0.05, 0) is 28.8 Å². The molecule has 3 aromatic carbocycles. The van der Waals surface area contributed by atoms with E-state index in [1.165, 1.54) is 6.07 Å². The molecule has 0 aliphatic carbocycles. The van der Waals surface area contributed by atoms with Gasteiger partial charge in [-0.1, -0.05) is 66.7 Å². The summed E-state index contributed by atoms with van der Waals surface area (Å²) < 4.78 is 21.4. The zero-order chi connectivity index (χ0) is 19.4. The number of aliphatic hydroxyl groups is 1. The minimum absolute atomic E-state index is 0.138. The van der Waals surface area contributed by atoms with Crippen molar-refractivity contribution < 1.29 is 14.2 Å². The van der Waals surface area contributed by atoms with E-state index in [-0.39, 0.29) is 18.3 Å². The quantitative estimate of drug-likeness (QED) is 0.704. The molecule has 0 aromatic heterocycles. The van der Waals surface area contributed by atoms with Crippen molar-refractivity contribution in [1.82, 2.24) is 5.32 Å². The van der Waals surface area contributed by atoms with Gasteiger partial charge < -0.3 is 15.2 Å². The van der Waals surface area contributed by atoms with Gasteiger partial charge in [-0.15, -0.1) is 0 Å². The highest BCUT2D eigenvalue weighted by Crippen LogP contribution is 2.43. The molecule has 1 aliphatic rings. The van der Waals surface area contributed by atoms with E-state index < -0.39 is 5.60 Å². The van der Waals surface area contributed by atoms with Crippen molar-refractivity contribution in [2.24, 2.45) is 0 Å². The highest BCUT2D eigenvalue weighted by Gasteiger charge is 2.45. The van der Waals surface area contributed by atoms with Crippen molar-refractivity contribution in [3.63, 3.8) is 0 Å². The molecule has 28 heavy (non-hydrogen) atoms. The molecule has 144 valence electrons. The van der Waals surface area contributed by atoms with Gasteiger partial charge in [0.25, 0.3) is 0 Å². The van der Waals surface area contributed by atoms with Gasteiger partial charge in [-0.25, -0.2) is 4.39 Å². The summed E-state index contributed by atoms with van der Waals surface area (Å²) in [4.78, 5) is 0. The summed E-state index contributed by atoms with van der Waals surface area (Å²) in [5, 5.41) is 13.6. The van der Waals surface area contributed by atoms with Gasteiger partial charge in [0, 0.05) is 24.6 Å². The molecule has 2 N–H and O–H groups in total. The summed E-state index contributed by atoms with van der Waals surface area (Å²) >= 11 is 0. The third-order valence-electron chi connectivity index (χ3n) is 5.50. The third kappa shape index (κ3) is 3.47. The molecule has 3 nitrogen and oxygen atoms in total. The van der Waals surface area contributed by atoms with Crippen LogP contribution in [-0.2, 0) is 10.3 Å². The Morgan fingerprint density at radius 1 is 0.964 bits per heavy atom. The lowest BCUT2D eigenvalue weighted by atomic mass is 9.75. The first-order chi connectivity index (χ1) is 13.7. The maximum Gasteiger partial charge on any atom is 0.129 e. The molecule has 2 atom stereocenters. The van der Waals surface area contributed by atoms with Crippen LogP contribution in [0.4, 0.5) is 4.39 Å².